The molecule has 0 aliphatic rings. The third kappa shape index (κ3) is 33.6. The lowest BCUT2D eigenvalue weighted by molar-refractivity contribution is 0.145. The number of alkyl halides is 2. The zero-order chi connectivity index (χ0) is 98.2. The zero-order valence-electron chi connectivity index (χ0n) is 80.4. The average Bonchev–Trinajstić information content (AvgIpc) is 1.63. The number of aryl methyl sites for hydroxylation is 21. The average molecular weight is 1880 g/mol. The second kappa shape index (κ2) is 50.5. The molecule has 0 spiro atoms. The number of rotatable bonds is 1. The number of benzene rings is 9. The van der Waals surface area contributed by atoms with E-state index in [9.17, 15) is 17.6 Å². The Hall–Kier alpha value is -14.5. The number of furan rings is 3. The van der Waals surface area contributed by atoms with Gasteiger partial charge in [-0.15, -0.1) is 11.3 Å². The van der Waals surface area contributed by atoms with Gasteiger partial charge >= 0.3 is 0 Å². The number of pyridine rings is 6. The van der Waals surface area contributed by atoms with Crippen molar-refractivity contribution in [3.05, 3.63) is 432 Å². The molecule has 136 heavy (non-hydrogen) atoms. The van der Waals surface area contributed by atoms with Gasteiger partial charge in [-0.3, -0.25) is 39.9 Å². The third-order valence-electron chi connectivity index (χ3n) is 19.9. The SMILES string of the molecule is Cc1cc2cc(Cl)c(F)cc2o1.Cc1cc2ccccc2o1.Cc1ccc(C)nc1.Cc1ccc(C)nc1.Cc1ccc(C)nc1.Cc1ccc2ccc(Cl)cc2n1.Cc1ccc2cccnc2c1.Cc1ccc2nc(C)[nH]c2c1.Cc1ccc2nc(C)ccc2c1.Cc1ccc2oc(C)cc2c1.Cc1ccc2sc(C)nc2c1.Cc1cnc(C(F)F)cn1.Cc1nc2cc(C)c(F)cc2o1. The van der Waals surface area contributed by atoms with Crippen LogP contribution in [0.2, 0.25) is 10.0 Å². The first-order valence-electron chi connectivity index (χ1n) is 43.9. The number of aromatic amines is 1. The highest BCUT2D eigenvalue weighted by Crippen LogP contribution is 2.28. The van der Waals surface area contributed by atoms with E-state index >= 15 is 0 Å². The van der Waals surface area contributed by atoms with Gasteiger partial charge < -0.3 is 22.7 Å². The summed E-state index contributed by atoms with van der Waals surface area (Å²) in [7, 11) is 0. The summed E-state index contributed by atoms with van der Waals surface area (Å²) < 4.78 is 71.9. The van der Waals surface area contributed by atoms with E-state index in [1.54, 1.807) is 44.2 Å². The van der Waals surface area contributed by atoms with Crippen molar-refractivity contribution in [3.63, 3.8) is 0 Å². The van der Waals surface area contributed by atoms with Gasteiger partial charge in [-0.25, -0.2) is 32.5 Å². The first-order valence-corrected chi connectivity index (χ1v) is 45.5. The number of H-pyrrole nitrogens is 1. The summed E-state index contributed by atoms with van der Waals surface area (Å²) in [5.74, 6) is 3.55. The lowest BCUT2D eigenvalue weighted by Gasteiger charge is -1.99. The van der Waals surface area contributed by atoms with Crippen LogP contribution < -0.4 is 0 Å². The van der Waals surface area contributed by atoms with E-state index in [0.717, 1.165) is 123 Å². The number of nitrogens with zero attached hydrogens (tertiary/aromatic N) is 11. The molecule has 0 bridgehead atoms. The summed E-state index contributed by atoms with van der Waals surface area (Å²) in [6.07, 6.45) is 7.32. The summed E-state index contributed by atoms with van der Waals surface area (Å²) in [4.78, 5) is 48.3. The Balaban J connectivity index is 0.000000153. The van der Waals surface area contributed by atoms with Crippen LogP contribution in [0.5, 0.6) is 0 Å². The highest BCUT2D eigenvalue weighted by atomic mass is 35.5. The van der Waals surface area contributed by atoms with Crippen molar-refractivity contribution in [2.24, 2.45) is 0 Å². The van der Waals surface area contributed by atoms with E-state index in [2.05, 4.69) is 210 Å². The molecular weight excluding hydrogens is 1770 g/mol. The van der Waals surface area contributed by atoms with Crippen LogP contribution in [-0.2, 0) is 0 Å². The van der Waals surface area contributed by atoms with Gasteiger partial charge in [0.25, 0.3) is 6.43 Å². The lowest BCUT2D eigenvalue weighted by atomic mass is 10.1. The van der Waals surface area contributed by atoms with E-state index in [4.69, 9.17) is 40.9 Å². The standard InChI is InChI=1S/C11H11N.C10H8ClN.C10H9N.C10H10O.C9H6ClFO.C9H8FNO.C9H10N2.C9H9NS.C9H8O.3C7H9N.C6H6F2N2/c1-8-3-6-11-10(7-8)5-4-9(2)12-11;1-7-2-3-8-4-5-9(11)6-10(8)12-7;1-8-4-5-9-3-2-6-11-10(9)7-8;1-7-3-4-10-9(5-7)6-8(2)11-10;1-5-2-6-3-7(10)8(11)4-9(6)12-5;1-5-3-8-9(4-7(5)10)12-6(2)11-8;1-6-3-4-8-9(5-6)11-7(2)10-8;1-6-3-4-9-8(5-6)10-7(2)11-9;1-7-6-8-4-2-3-5-9(8)10-7;3*1-6-3-4-7(2)8-5-6;1-4-2-10-5(3-9-4)6(7)8/h3-7H,1-2H3;2-6H,1H3;2-7H,1H3;3-6H,1-2H3;2-4H,1H3;3-4H,1-2H3;3-5H,1-2H3,(H,10,11);3-5H,1-2H3;2-6H,1H3;3*3-5H,1-2H3;2-3,6H,1H3. The van der Waals surface area contributed by atoms with Crippen molar-refractivity contribution in [2.75, 3.05) is 0 Å². The number of fused-ring (bicyclic) bond motifs is 9. The molecule has 13 aromatic heterocycles. The topological polar surface area (TPSA) is 210 Å². The Morgan fingerprint density at radius 2 is 0.779 bits per heavy atom. The van der Waals surface area contributed by atoms with Gasteiger partial charge in [0.2, 0.25) is 0 Å². The van der Waals surface area contributed by atoms with Crippen molar-refractivity contribution in [1.82, 2.24) is 59.8 Å². The fraction of sp³-hybridized carbons (Fsp3) is 0.195. The van der Waals surface area contributed by atoms with E-state index in [1.807, 2.05) is 224 Å². The van der Waals surface area contributed by atoms with Gasteiger partial charge in [-0.1, -0.05) is 131 Å². The highest BCUT2D eigenvalue weighted by molar-refractivity contribution is 7.18. The van der Waals surface area contributed by atoms with Crippen LogP contribution >= 0.6 is 34.5 Å². The Bertz CT molecular complexity index is 6980. The lowest BCUT2D eigenvalue weighted by Crippen LogP contribution is -1.91. The van der Waals surface area contributed by atoms with Crippen LogP contribution in [0.3, 0.4) is 0 Å². The first-order chi connectivity index (χ1) is 64.9. The van der Waals surface area contributed by atoms with E-state index in [1.165, 1.54) is 89.1 Å². The summed E-state index contributed by atoms with van der Waals surface area (Å²) in [5.41, 5.74) is 26.5. The van der Waals surface area contributed by atoms with E-state index < -0.39 is 12.2 Å². The molecule has 0 saturated heterocycles. The minimum absolute atomic E-state index is 0.128. The predicted molar refractivity (Wildman–Crippen MR) is 553 cm³/mol. The maximum atomic E-state index is 13.0. The van der Waals surface area contributed by atoms with Gasteiger partial charge in [0, 0.05) is 116 Å². The number of thiazole rings is 1. The molecule has 16 nitrogen and oxygen atoms in total. The predicted octanol–water partition coefficient (Wildman–Crippen LogP) is 32.4. The molecule has 9 aromatic carbocycles. The largest absolute Gasteiger partial charge is 0.461 e. The fourth-order valence-electron chi connectivity index (χ4n) is 13.0. The van der Waals surface area contributed by atoms with Gasteiger partial charge in [-0.2, -0.15) is 0 Å². The Morgan fingerprint density at radius 3 is 1.38 bits per heavy atom. The third-order valence-corrected chi connectivity index (χ3v) is 21.4. The molecule has 1 N–H and O–H groups in total. The zero-order valence-corrected chi connectivity index (χ0v) is 82.8. The Morgan fingerprint density at radius 1 is 0.301 bits per heavy atom. The maximum absolute atomic E-state index is 13.0. The molecule has 13 heterocycles. The van der Waals surface area contributed by atoms with E-state index in [-0.39, 0.29) is 16.5 Å². The van der Waals surface area contributed by atoms with Gasteiger partial charge in [-0.05, 0) is 317 Å². The number of nitrogens with one attached hydrogen (secondary N) is 1. The van der Waals surface area contributed by atoms with Crippen LogP contribution in [0.15, 0.2) is 304 Å². The second-order valence-electron chi connectivity index (χ2n) is 32.8. The van der Waals surface area contributed by atoms with Crippen molar-refractivity contribution < 1.29 is 35.2 Å². The molecule has 22 aromatic rings. The van der Waals surface area contributed by atoms with Crippen LogP contribution in [-0.4, -0.2) is 59.8 Å². The summed E-state index contributed by atoms with van der Waals surface area (Å²) in [5, 5.41) is 8.78. The van der Waals surface area contributed by atoms with Gasteiger partial charge in [0.05, 0.1) is 59.7 Å². The molecule has 23 heteroatoms. The van der Waals surface area contributed by atoms with Crippen LogP contribution in [0.4, 0.5) is 17.6 Å². The fourth-order valence-corrected chi connectivity index (χ4v) is 14.2. The number of para-hydroxylation sites is 1. The molecule has 0 fully saturated rings. The second-order valence-corrected chi connectivity index (χ2v) is 34.8. The normalized spacial score (nSPS) is 10.4. The van der Waals surface area contributed by atoms with Crippen molar-refractivity contribution in [2.45, 2.75) is 152 Å². The number of oxazole rings is 1. The molecule has 696 valence electrons. The summed E-state index contributed by atoms with van der Waals surface area (Å²) in [6.45, 7) is 41.4. The smallest absolute Gasteiger partial charge is 0.281 e. The molecule has 0 aliphatic carbocycles. The Labute approximate surface area is 805 Å². The quantitative estimate of drug-likeness (QED) is 0.152. The van der Waals surface area contributed by atoms with Gasteiger partial charge in [0.15, 0.2) is 11.5 Å². The molecule has 0 aliphatic heterocycles. The van der Waals surface area contributed by atoms with Gasteiger partial charge in [0.1, 0.15) is 62.7 Å². The number of imidazole rings is 1. The number of hydrogen-bond donors (Lipinski definition) is 1. The van der Waals surface area contributed by atoms with Crippen LogP contribution in [0.25, 0.3) is 98.0 Å². The molecule has 0 radical (unpaired) electrons. The molecular formula is C113H112Cl2F4N12O4S. The number of hydrogen-bond acceptors (Lipinski definition) is 16. The molecule has 0 amide bonds. The Kier molecular flexibility index (Phi) is 38.5. The number of halogens is 6. The summed E-state index contributed by atoms with van der Waals surface area (Å²) in [6, 6.07) is 81.4. The number of aromatic nitrogens is 12. The van der Waals surface area contributed by atoms with Crippen molar-refractivity contribution in [1.29, 1.82) is 0 Å². The van der Waals surface area contributed by atoms with Crippen LogP contribution in [0, 0.1) is 157 Å². The first kappa shape index (κ1) is 104. The van der Waals surface area contributed by atoms with Crippen molar-refractivity contribution in [3.8, 4) is 0 Å². The monoisotopic (exact) mass is 1880 g/mol. The molecule has 0 unspecified atom stereocenters. The molecule has 0 atom stereocenters. The minimum Gasteiger partial charge on any atom is -0.461 e. The van der Waals surface area contributed by atoms with Crippen molar-refractivity contribution >= 4 is 133 Å². The summed E-state index contributed by atoms with van der Waals surface area (Å²) >= 11 is 13.2. The van der Waals surface area contributed by atoms with Crippen LogP contribution in [0.1, 0.15) is 130 Å². The minimum atomic E-state index is -2.52. The van der Waals surface area contributed by atoms with E-state index in [0.29, 0.717) is 33.8 Å². The molecule has 22 rings (SSSR count). The maximum Gasteiger partial charge on any atom is 0.281 e. The highest BCUT2D eigenvalue weighted by Gasteiger charge is 2.11. The molecule has 0 saturated carbocycles.